The van der Waals surface area contributed by atoms with Crippen LogP contribution in [0.4, 0.5) is 0 Å². The van der Waals surface area contributed by atoms with E-state index in [-0.39, 0.29) is 5.91 Å². The zero-order valence-corrected chi connectivity index (χ0v) is 14.3. The number of rotatable bonds is 4. The summed E-state index contributed by atoms with van der Waals surface area (Å²) in [6, 6.07) is 17.4. The van der Waals surface area contributed by atoms with Crippen LogP contribution in [0.3, 0.4) is 0 Å². The minimum atomic E-state index is -0.236. The van der Waals surface area contributed by atoms with E-state index in [2.05, 4.69) is 20.4 Å². The SMILES string of the molecule is Cc1cc(-c2ccccc2)nc2cc(C(=O)NCc3cccnc3)nn12. The molecule has 0 aliphatic heterocycles. The molecule has 128 valence electrons. The summed E-state index contributed by atoms with van der Waals surface area (Å²) in [6.45, 7) is 2.35. The summed E-state index contributed by atoms with van der Waals surface area (Å²) < 4.78 is 1.69. The van der Waals surface area contributed by atoms with E-state index in [9.17, 15) is 4.79 Å². The van der Waals surface area contributed by atoms with Gasteiger partial charge in [-0.3, -0.25) is 9.78 Å². The van der Waals surface area contributed by atoms with Gasteiger partial charge in [0.05, 0.1) is 5.69 Å². The number of aromatic nitrogens is 4. The van der Waals surface area contributed by atoms with Crippen LogP contribution in [0.5, 0.6) is 0 Å². The van der Waals surface area contributed by atoms with Gasteiger partial charge in [0.1, 0.15) is 0 Å². The molecule has 0 aliphatic rings. The van der Waals surface area contributed by atoms with Gasteiger partial charge in [-0.05, 0) is 24.6 Å². The Bertz CT molecular complexity index is 1060. The highest BCUT2D eigenvalue weighted by molar-refractivity contribution is 5.93. The quantitative estimate of drug-likeness (QED) is 0.618. The molecule has 0 atom stereocenters. The second-order valence-corrected chi connectivity index (χ2v) is 5.99. The smallest absolute Gasteiger partial charge is 0.272 e. The highest BCUT2D eigenvalue weighted by Crippen LogP contribution is 2.19. The van der Waals surface area contributed by atoms with E-state index in [1.807, 2.05) is 55.5 Å². The first kappa shape index (κ1) is 16.0. The number of benzene rings is 1. The lowest BCUT2D eigenvalue weighted by Gasteiger charge is -2.04. The molecule has 0 aliphatic carbocycles. The predicted molar refractivity (Wildman–Crippen MR) is 98.6 cm³/mol. The molecule has 0 spiro atoms. The molecule has 4 rings (SSSR count). The van der Waals surface area contributed by atoms with Gasteiger partial charge in [0, 0.05) is 36.3 Å². The molecular formula is C20H17N5O. The van der Waals surface area contributed by atoms with E-state index >= 15 is 0 Å². The number of carbonyl (C=O) groups excluding carboxylic acids is 1. The Labute approximate surface area is 150 Å². The minimum Gasteiger partial charge on any atom is -0.347 e. The standard InChI is InChI=1S/C20H17N5O/c1-14-10-17(16-7-3-2-4-8-16)23-19-11-18(24-25(14)19)20(26)22-13-15-6-5-9-21-12-15/h2-12H,13H2,1H3,(H,22,26). The average Bonchev–Trinajstić information content (AvgIpc) is 3.12. The number of nitrogens with one attached hydrogen (secondary N) is 1. The number of fused-ring (bicyclic) bond motifs is 1. The van der Waals surface area contributed by atoms with Crippen LogP contribution < -0.4 is 5.32 Å². The summed E-state index contributed by atoms with van der Waals surface area (Å²) in [4.78, 5) is 21.1. The monoisotopic (exact) mass is 343 g/mol. The summed E-state index contributed by atoms with van der Waals surface area (Å²) in [6.07, 6.45) is 3.42. The summed E-state index contributed by atoms with van der Waals surface area (Å²) in [5, 5.41) is 7.25. The fraction of sp³-hybridized carbons (Fsp3) is 0.100. The van der Waals surface area contributed by atoms with E-state index in [0.29, 0.717) is 17.9 Å². The highest BCUT2D eigenvalue weighted by atomic mass is 16.1. The van der Waals surface area contributed by atoms with Gasteiger partial charge < -0.3 is 5.32 Å². The Morgan fingerprint density at radius 3 is 2.73 bits per heavy atom. The molecule has 0 bridgehead atoms. The van der Waals surface area contributed by atoms with Gasteiger partial charge in [0.15, 0.2) is 11.3 Å². The maximum Gasteiger partial charge on any atom is 0.272 e. The zero-order chi connectivity index (χ0) is 17.9. The molecular weight excluding hydrogens is 326 g/mol. The van der Waals surface area contributed by atoms with Crippen LogP contribution in [0.1, 0.15) is 21.7 Å². The molecule has 26 heavy (non-hydrogen) atoms. The molecule has 3 aromatic heterocycles. The molecule has 0 saturated carbocycles. The zero-order valence-electron chi connectivity index (χ0n) is 14.3. The third kappa shape index (κ3) is 3.17. The molecule has 0 radical (unpaired) electrons. The molecule has 0 saturated heterocycles. The second kappa shape index (κ2) is 6.76. The largest absolute Gasteiger partial charge is 0.347 e. The first-order valence-corrected chi connectivity index (χ1v) is 8.31. The molecule has 1 aromatic carbocycles. The van der Waals surface area contributed by atoms with Crippen LogP contribution in [-0.4, -0.2) is 25.5 Å². The maximum atomic E-state index is 12.4. The number of hydrogen-bond acceptors (Lipinski definition) is 4. The van der Waals surface area contributed by atoms with Crippen molar-refractivity contribution in [3.63, 3.8) is 0 Å². The highest BCUT2D eigenvalue weighted by Gasteiger charge is 2.14. The van der Waals surface area contributed by atoms with E-state index in [1.165, 1.54) is 0 Å². The van der Waals surface area contributed by atoms with E-state index in [4.69, 9.17) is 0 Å². The number of amides is 1. The Balaban J connectivity index is 1.61. The number of hydrogen-bond donors (Lipinski definition) is 1. The molecule has 0 unspecified atom stereocenters. The van der Waals surface area contributed by atoms with Crippen LogP contribution in [-0.2, 0) is 6.54 Å². The maximum absolute atomic E-state index is 12.4. The lowest BCUT2D eigenvalue weighted by atomic mass is 10.1. The average molecular weight is 343 g/mol. The Morgan fingerprint density at radius 1 is 1.12 bits per heavy atom. The second-order valence-electron chi connectivity index (χ2n) is 5.99. The lowest BCUT2D eigenvalue weighted by Crippen LogP contribution is -2.23. The van der Waals surface area contributed by atoms with Gasteiger partial charge in [-0.1, -0.05) is 36.4 Å². The summed E-state index contributed by atoms with van der Waals surface area (Å²) >= 11 is 0. The van der Waals surface area contributed by atoms with Crippen molar-refractivity contribution in [2.24, 2.45) is 0 Å². The molecule has 4 aromatic rings. The summed E-state index contributed by atoms with van der Waals surface area (Å²) in [5.74, 6) is -0.236. The van der Waals surface area contributed by atoms with Gasteiger partial charge in [-0.2, -0.15) is 5.10 Å². The third-order valence-electron chi connectivity index (χ3n) is 4.08. The van der Waals surface area contributed by atoms with Gasteiger partial charge in [-0.25, -0.2) is 9.50 Å². The number of carbonyl (C=O) groups is 1. The van der Waals surface area contributed by atoms with Crippen molar-refractivity contribution in [1.29, 1.82) is 0 Å². The number of pyridine rings is 1. The van der Waals surface area contributed by atoms with Gasteiger partial charge >= 0.3 is 0 Å². The van der Waals surface area contributed by atoms with Crippen LogP contribution >= 0.6 is 0 Å². The molecule has 6 nitrogen and oxygen atoms in total. The lowest BCUT2D eigenvalue weighted by molar-refractivity contribution is 0.0945. The molecule has 0 fully saturated rings. The third-order valence-corrected chi connectivity index (χ3v) is 4.08. The number of nitrogens with zero attached hydrogens (tertiary/aromatic N) is 4. The summed E-state index contributed by atoms with van der Waals surface area (Å²) in [5.41, 5.74) is 4.73. The van der Waals surface area contributed by atoms with Crippen LogP contribution in [0, 0.1) is 6.92 Å². The molecule has 6 heteroatoms. The fourth-order valence-electron chi connectivity index (χ4n) is 2.77. The minimum absolute atomic E-state index is 0.236. The van der Waals surface area contributed by atoms with Crippen molar-refractivity contribution in [2.75, 3.05) is 0 Å². The van der Waals surface area contributed by atoms with Crippen molar-refractivity contribution in [2.45, 2.75) is 13.5 Å². The molecule has 1 N–H and O–H groups in total. The first-order chi connectivity index (χ1) is 12.7. The van der Waals surface area contributed by atoms with Crippen molar-refractivity contribution < 1.29 is 4.79 Å². The van der Waals surface area contributed by atoms with E-state index in [1.54, 1.807) is 23.0 Å². The fourth-order valence-corrected chi connectivity index (χ4v) is 2.77. The van der Waals surface area contributed by atoms with Gasteiger partial charge in [0.25, 0.3) is 5.91 Å². The molecule has 1 amide bonds. The van der Waals surface area contributed by atoms with Crippen molar-refractivity contribution in [3.05, 3.63) is 83.9 Å². The molecule has 3 heterocycles. The van der Waals surface area contributed by atoms with Crippen LogP contribution in [0.25, 0.3) is 16.9 Å². The number of aryl methyl sites for hydroxylation is 1. The van der Waals surface area contributed by atoms with Crippen molar-refractivity contribution >= 4 is 11.6 Å². The van der Waals surface area contributed by atoms with Crippen molar-refractivity contribution in [3.8, 4) is 11.3 Å². The Kier molecular flexibility index (Phi) is 4.15. The Morgan fingerprint density at radius 2 is 1.96 bits per heavy atom. The Hall–Kier alpha value is -3.54. The van der Waals surface area contributed by atoms with E-state index in [0.717, 1.165) is 22.5 Å². The van der Waals surface area contributed by atoms with Gasteiger partial charge in [-0.15, -0.1) is 0 Å². The van der Waals surface area contributed by atoms with Crippen LogP contribution in [0.15, 0.2) is 67.0 Å². The predicted octanol–water partition coefficient (Wildman–Crippen LogP) is 3.03. The topological polar surface area (TPSA) is 72.2 Å². The first-order valence-electron chi connectivity index (χ1n) is 8.31. The van der Waals surface area contributed by atoms with E-state index < -0.39 is 0 Å². The van der Waals surface area contributed by atoms with Crippen molar-refractivity contribution in [1.82, 2.24) is 24.9 Å². The normalized spacial score (nSPS) is 10.8. The summed E-state index contributed by atoms with van der Waals surface area (Å²) in [7, 11) is 0. The van der Waals surface area contributed by atoms with Crippen LogP contribution in [0.2, 0.25) is 0 Å². The van der Waals surface area contributed by atoms with Gasteiger partial charge in [0.2, 0.25) is 0 Å².